The van der Waals surface area contributed by atoms with E-state index in [1.54, 1.807) is 5.56 Å². The molecule has 0 bridgehead atoms. The molecule has 0 atom stereocenters. The Morgan fingerprint density at radius 3 is 2.10 bits per heavy atom. The summed E-state index contributed by atoms with van der Waals surface area (Å²) in [5.41, 5.74) is 4.39. The summed E-state index contributed by atoms with van der Waals surface area (Å²) in [6, 6.07) is 9.52. The van der Waals surface area contributed by atoms with Gasteiger partial charge in [0.25, 0.3) is 0 Å². The van der Waals surface area contributed by atoms with Gasteiger partial charge in [-0.05, 0) is 54.2 Å². The van der Waals surface area contributed by atoms with Gasteiger partial charge in [-0.15, -0.1) is 0 Å². The molecular weight excluding hydrogens is 254 g/mol. The van der Waals surface area contributed by atoms with E-state index in [2.05, 4.69) is 57.3 Å². The summed E-state index contributed by atoms with van der Waals surface area (Å²) in [4.78, 5) is 0. The third-order valence-electron chi connectivity index (χ3n) is 5.92. The minimum absolute atomic E-state index is 0.252. The van der Waals surface area contributed by atoms with E-state index in [0.29, 0.717) is 5.41 Å². The lowest BCUT2D eigenvalue weighted by atomic mass is 9.43. The Bertz CT molecular complexity index is 480. The average Bonchev–Trinajstić information content (AvgIpc) is 2.35. The first-order valence-corrected chi connectivity index (χ1v) is 8.71. The minimum Gasteiger partial charge on any atom is -0.316 e. The summed E-state index contributed by atoms with van der Waals surface area (Å²) in [5, 5.41) is 3.62. The molecule has 0 unspecified atom stereocenters. The van der Waals surface area contributed by atoms with Crippen LogP contribution in [0.2, 0.25) is 0 Å². The zero-order chi connectivity index (χ0) is 15.1. The highest BCUT2D eigenvalue weighted by atomic mass is 14.9. The fraction of sp³-hybridized carbons (Fsp3) is 0.700. The van der Waals surface area contributed by atoms with Crippen molar-refractivity contribution in [3.63, 3.8) is 0 Å². The van der Waals surface area contributed by atoms with Crippen LogP contribution in [0.4, 0.5) is 0 Å². The molecule has 0 heterocycles. The second kappa shape index (κ2) is 5.12. The van der Waals surface area contributed by atoms with Crippen molar-refractivity contribution in [2.75, 3.05) is 13.1 Å². The number of benzene rings is 1. The molecule has 2 aliphatic rings. The molecule has 0 aliphatic heterocycles. The van der Waals surface area contributed by atoms with Crippen LogP contribution in [0.25, 0.3) is 0 Å². The number of rotatable bonds is 4. The van der Waals surface area contributed by atoms with Crippen molar-refractivity contribution >= 4 is 0 Å². The third kappa shape index (κ3) is 2.65. The molecule has 2 saturated carbocycles. The predicted molar refractivity (Wildman–Crippen MR) is 90.9 cm³/mol. The Labute approximate surface area is 130 Å². The molecule has 1 aromatic carbocycles. The van der Waals surface area contributed by atoms with Crippen molar-refractivity contribution in [1.29, 1.82) is 0 Å². The maximum Gasteiger partial charge on any atom is 0.00883 e. The highest BCUT2D eigenvalue weighted by Gasteiger charge is 2.57. The molecule has 2 fully saturated rings. The first kappa shape index (κ1) is 15.1. The van der Waals surface area contributed by atoms with Gasteiger partial charge in [-0.3, -0.25) is 0 Å². The van der Waals surface area contributed by atoms with Crippen molar-refractivity contribution < 1.29 is 0 Å². The monoisotopic (exact) mass is 285 g/mol. The van der Waals surface area contributed by atoms with E-state index < -0.39 is 0 Å². The van der Waals surface area contributed by atoms with Crippen LogP contribution in [0, 0.1) is 5.41 Å². The van der Waals surface area contributed by atoms with E-state index in [1.165, 1.54) is 37.7 Å². The molecule has 0 amide bonds. The Kier molecular flexibility index (Phi) is 3.68. The van der Waals surface area contributed by atoms with Gasteiger partial charge in [0.15, 0.2) is 0 Å². The van der Waals surface area contributed by atoms with E-state index in [9.17, 15) is 0 Å². The van der Waals surface area contributed by atoms with Crippen LogP contribution in [0.3, 0.4) is 0 Å². The Morgan fingerprint density at radius 1 is 1.05 bits per heavy atom. The van der Waals surface area contributed by atoms with Crippen LogP contribution in [0.15, 0.2) is 24.3 Å². The second-order valence-electron chi connectivity index (χ2n) is 8.60. The lowest BCUT2D eigenvalue weighted by Crippen LogP contribution is -2.57. The highest BCUT2D eigenvalue weighted by molar-refractivity contribution is 5.36. The molecular formula is C20H31N. The van der Waals surface area contributed by atoms with E-state index in [-0.39, 0.29) is 5.41 Å². The van der Waals surface area contributed by atoms with Crippen LogP contribution in [-0.4, -0.2) is 13.1 Å². The van der Waals surface area contributed by atoms with E-state index >= 15 is 0 Å². The van der Waals surface area contributed by atoms with Gasteiger partial charge < -0.3 is 5.32 Å². The summed E-state index contributed by atoms with van der Waals surface area (Å²) in [6.45, 7) is 11.3. The van der Waals surface area contributed by atoms with Crippen molar-refractivity contribution in [2.45, 2.75) is 70.6 Å². The Balaban J connectivity index is 1.80. The van der Waals surface area contributed by atoms with Crippen LogP contribution < -0.4 is 5.32 Å². The standard InChI is InChI=1S/C20H31N/c1-5-21-15-20(13-19(14-20)11-6-12-19)17-9-7-16(8-10-17)18(2,3)4/h7-10,21H,5-6,11-15H2,1-4H3. The molecule has 0 aromatic heterocycles. The second-order valence-corrected chi connectivity index (χ2v) is 8.60. The lowest BCUT2D eigenvalue weighted by Gasteiger charge is -2.62. The van der Waals surface area contributed by atoms with Gasteiger partial charge >= 0.3 is 0 Å². The van der Waals surface area contributed by atoms with Gasteiger partial charge in [0.1, 0.15) is 0 Å². The molecule has 0 saturated heterocycles. The van der Waals surface area contributed by atoms with Gasteiger partial charge in [-0.2, -0.15) is 0 Å². The summed E-state index contributed by atoms with van der Waals surface area (Å²) >= 11 is 0. The smallest absolute Gasteiger partial charge is 0.00883 e. The molecule has 3 rings (SSSR count). The van der Waals surface area contributed by atoms with E-state index in [1.807, 2.05) is 0 Å². The van der Waals surface area contributed by atoms with Gasteiger partial charge in [0.05, 0.1) is 0 Å². The molecule has 1 N–H and O–H groups in total. The zero-order valence-corrected chi connectivity index (χ0v) is 14.3. The summed E-state index contributed by atoms with van der Waals surface area (Å²) in [6.07, 6.45) is 7.21. The number of hydrogen-bond acceptors (Lipinski definition) is 1. The first-order valence-electron chi connectivity index (χ1n) is 8.71. The predicted octanol–water partition coefficient (Wildman–Crippen LogP) is 4.80. The number of hydrogen-bond donors (Lipinski definition) is 1. The van der Waals surface area contributed by atoms with Crippen LogP contribution in [0.5, 0.6) is 0 Å². The molecule has 116 valence electrons. The van der Waals surface area contributed by atoms with Crippen LogP contribution in [0.1, 0.15) is 70.9 Å². The van der Waals surface area contributed by atoms with Gasteiger partial charge in [-0.1, -0.05) is 58.4 Å². The molecule has 1 spiro atoms. The third-order valence-corrected chi connectivity index (χ3v) is 5.92. The number of likely N-dealkylation sites (N-methyl/N-ethyl adjacent to an activating group) is 1. The van der Waals surface area contributed by atoms with Gasteiger partial charge in [-0.25, -0.2) is 0 Å². The Hall–Kier alpha value is -0.820. The van der Waals surface area contributed by atoms with Crippen LogP contribution in [-0.2, 0) is 10.8 Å². The van der Waals surface area contributed by atoms with Crippen LogP contribution >= 0.6 is 0 Å². The molecule has 1 heteroatoms. The van der Waals surface area contributed by atoms with Crippen molar-refractivity contribution in [3.05, 3.63) is 35.4 Å². The normalized spacial score (nSPS) is 22.7. The lowest BCUT2D eigenvalue weighted by molar-refractivity contribution is -0.0480. The fourth-order valence-corrected chi connectivity index (χ4v) is 4.53. The fourth-order valence-electron chi connectivity index (χ4n) is 4.53. The molecule has 2 aliphatic carbocycles. The maximum atomic E-state index is 3.62. The van der Waals surface area contributed by atoms with Crippen molar-refractivity contribution in [1.82, 2.24) is 5.32 Å². The summed E-state index contributed by atoms with van der Waals surface area (Å²) < 4.78 is 0. The summed E-state index contributed by atoms with van der Waals surface area (Å²) in [5.74, 6) is 0. The largest absolute Gasteiger partial charge is 0.316 e. The topological polar surface area (TPSA) is 12.0 Å². The number of nitrogens with one attached hydrogen (secondary N) is 1. The minimum atomic E-state index is 0.252. The zero-order valence-electron chi connectivity index (χ0n) is 14.3. The van der Waals surface area contributed by atoms with E-state index in [4.69, 9.17) is 0 Å². The van der Waals surface area contributed by atoms with E-state index in [0.717, 1.165) is 18.5 Å². The van der Waals surface area contributed by atoms with Gasteiger partial charge in [0.2, 0.25) is 0 Å². The summed E-state index contributed by atoms with van der Waals surface area (Å²) in [7, 11) is 0. The molecule has 1 nitrogen and oxygen atoms in total. The quantitative estimate of drug-likeness (QED) is 0.838. The Morgan fingerprint density at radius 2 is 1.67 bits per heavy atom. The molecule has 1 aromatic rings. The van der Waals surface area contributed by atoms with Crippen molar-refractivity contribution in [2.24, 2.45) is 5.41 Å². The van der Waals surface area contributed by atoms with Gasteiger partial charge in [0, 0.05) is 12.0 Å². The SMILES string of the molecule is CCNCC1(c2ccc(C(C)(C)C)cc2)CC2(CCC2)C1. The first-order chi connectivity index (χ1) is 9.89. The highest BCUT2D eigenvalue weighted by Crippen LogP contribution is 2.64. The average molecular weight is 285 g/mol. The van der Waals surface area contributed by atoms with Crippen molar-refractivity contribution in [3.8, 4) is 0 Å². The molecule has 0 radical (unpaired) electrons. The maximum absolute atomic E-state index is 3.62. The molecule has 21 heavy (non-hydrogen) atoms.